The molecule has 1 fully saturated rings. The van der Waals surface area contributed by atoms with Gasteiger partial charge in [-0.05, 0) is 30.5 Å². The molecule has 0 aromatic heterocycles. The average Bonchev–Trinajstić information content (AvgIpc) is 2.38. The third kappa shape index (κ3) is 4.24. The van der Waals surface area contributed by atoms with Crippen LogP contribution >= 0.6 is 0 Å². The maximum atomic E-state index is 10.6. The fourth-order valence-electron chi connectivity index (χ4n) is 2.45. The van der Waals surface area contributed by atoms with Crippen LogP contribution < -0.4 is 4.74 Å². The molecule has 0 amide bonds. The Morgan fingerprint density at radius 3 is 2.37 bits per heavy atom. The zero-order chi connectivity index (χ0) is 13.7. The summed E-state index contributed by atoms with van der Waals surface area (Å²) >= 11 is 0. The number of ether oxygens (including phenoxy) is 1. The summed E-state index contributed by atoms with van der Waals surface area (Å²) in [6.07, 6.45) is 4.90. The lowest BCUT2D eigenvalue weighted by atomic mass is 9.85. The molecule has 0 aliphatic heterocycles. The van der Waals surface area contributed by atoms with E-state index in [1.807, 2.05) is 0 Å². The summed E-state index contributed by atoms with van der Waals surface area (Å²) in [6, 6.07) is 7.00. The van der Waals surface area contributed by atoms with Gasteiger partial charge in [0.05, 0.1) is 12.0 Å². The third-order valence-electron chi connectivity index (χ3n) is 3.57. The van der Waals surface area contributed by atoms with E-state index in [9.17, 15) is 9.90 Å². The largest absolute Gasteiger partial charge is 0.491 e. The number of aliphatic hydroxyl groups is 1. The Hall–Kier alpha value is -1.55. The predicted molar refractivity (Wildman–Crippen MR) is 71.3 cm³/mol. The van der Waals surface area contributed by atoms with Crippen LogP contribution in [0.15, 0.2) is 24.3 Å². The van der Waals surface area contributed by atoms with E-state index in [-0.39, 0.29) is 6.42 Å². The van der Waals surface area contributed by atoms with Gasteiger partial charge in [0.25, 0.3) is 0 Å². The van der Waals surface area contributed by atoms with E-state index in [0.29, 0.717) is 12.4 Å². The number of benzene rings is 1. The van der Waals surface area contributed by atoms with E-state index in [2.05, 4.69) is 0 Å². The fourth-order valence-corrected chi connectivity index (χ4v) is 2.45. The summed E-state index contributed by atoms with van der Waals surface area (Å²) in [6.45, 7) is 0.311. The van der Waals surface area contributed by atoms with Gasteiger partial charge in [-0.15, -0.1) is 0 Å². The van der Waals surface area contributed by atoms with Crippen molar-refractivity contribution in [2.75, 3.05) is 6.61 Å². The van der Waals surface area contributed by atoms with E-state index in [0.717, 1.165) is 31.2 Å². The molecular formula is C15H20O4. The van der Waals surface area contributed by atoms with Crippen molar-refractivity contribution in [2.45, 2.75) is 44.1 Å². The summed E-state index contributed by atoms with van der Waals surface area (Å²) in [7, 11) is 0. The summed E-state index contributed by atoms with van der Waals surface area (Å²) in [4.78, 5) is 10.6. The Morgan fingerprint density at radius 2 is 1.79 bits per heavy atom. The molecule has 4 heteroatoms. The molecule has 1 aromatic rings. The summed E-state index contributed by atoms with van der Waals surface area (Å²) in [5, 5.41) is 19.0. The van der Waals surface area contributed by atoms with Crippen molar-refractivity contribution < 1.29 is 19.7 Å². The van der Waals surface area contributed by atoms with Gasteiger partial charge >= 0.3 is 5.97 Å². The predicted octanol–water partition coefficient (Wildman–Crippen LogP) is 2.39. The number of rotatable bonds is 5. The molecule has 4 nitrogen and oxygen atoms in total. The van der Waals surface area contributed by atoms with Crippen molar-refractivity contribution >= 4 is 5.97 Å². The van der Waals surface area contributed by atoms with Gasteiger partial charge in [-0.2, -0.15) is 0 Å². The van der Waals surface area contributed by atoms with Crippen LogP contribution in [0.25, 0.3) is 0 Å². The summed E-state index contributed by atoms with van der Waals surface area (Å²) < 4.78 is 5.61. The van der Waals surface area contributed by atoms with Crippen molar-refractivity contribution in [1.82, 2.24) is 0 Å². The average molecular weight is 264 g/mol. The molecule has 0 atom stereocenters. The maximum Gasteiger partial charge on any atom is 0.307 e. The lowest BCUT2D eigenvalue weighted by Gasteiger charge is -2.31. The standard InChI is InChI=1S/C15H20O4/c16-14(17)10-12-4-6-13(7-5-12)19-11-15(18)8-2-1-3-9-15/h4-7,18H,1-3,8-11H2,(H,16,17). The zero-order valence-corrected chi connectivity index (χ0v) is 11.0. The Balaban J connectivity index is 1.87. The van der Waals surface area contributed by atoms with Gasteiger partial charge in [-0.25, -0.2) is 0 Å². The van der Waals surface area contributed by atoms with Gasteiger partial charge in [0.15, 0.2) is 0 Å². The molecule has 0 unspecified atom stereocenters. The molecule has 1 aromatic carbocycles. The number of hydrogen-bond donors (Lipinski definition) is 2. The highest BCUT2D eigenvalue weighted by atomic mass is 16.5. The molecule has 0 bridgehead atoms. The van der Waals surface area contributed by atoms with Crippen molar-refractivity contribution in [3.8, 4) is 5.75 Å². The van der Waals surface area contributed by atoms with Crippen LogP contribution in [0.2, 0.25) is 0 Å². The second kappa shape index (κ2) is 6.06. The van der Waals surface area contributed by atoms with Gasteiger partial charge < -0.3 is 14.9 Å². The highest BCUT2D eigenvalue weighted by molar-refractivity contribution is 5.70. The summed E-state index contributed by atoms with van der Waals surface area (Å²) in [5.74, 6) is -0.168. The lowest BCUT2D eigenvalue weighted by molar-refractivity contribution is -0.136. The van der Waals surface area contributed by atoms with Crippen LogP contribution in [-0.4, -0.2) is 28.4 Å². The first-order valence-electron chi connectivity index (χ1n) is 6.73. The van der Waals surface area contributed by atoms with E-state index in [4.69, 9.17) is 9.84 Å². The highest BCUT2D eigenvalue weighted by Gasteiger charge is 2.29. The van der Waals surface area contributed by atoms with Gasteiger partial charge in [-0.3, -0.25) is 4.79 Å². The topological polar surface area (TPSA) is 66.8 Å². The minimum atomic E-state index is -0.842. The number of carboxylic acids is 1. The molecule has 1 saturated carbocycles. The highest BCUT2D eigenvalue weighted by Crippen LogP contribution is 2.28. The smallest absolute Gasteiger partial charge is 0.307 e. The maximum absolute atomic E-state index is 10.6. The number of hydrogen-bond acceptors (Lipinski definition) is 3. The molecule has 0 radical (unpaired) electrons. The Kier molecular flexibility index (Phi) is 4.43. The van der Waals surface area contributed by atoms with Crippen LogP contribution in [0.3, 0.4) is 0 Å². The molecule has 0 saturated heterocycles. The zero-order valence-electron chi connectivity index (χ0n) is 11.0. The van der Waals surface area contributed by atoms with E-state index in [1.54, 1.807) is 24.3 Å². The third-order valence-corrected chi connectivity index (χ3v) is 3.57. The van der Waals surface area contributed by atoms with Crippen molar-refractivity contribution in [3.63, 3.8) is 0 Å². The van der Waals surface area contributed by atoms with Crippen LogP contribution in [0.5, 0.6) is 5.75 Å². The molecule has 1 aliphatic rings. The SMILES string of the molecule is O=C(O)Cc1ccc(OCC2(O)CCCCC2)cc1. The fraction of sp³-hybridized carbons (Fsp3) is 0.533. The van der Waals surface area contributed by atoms with Crippen molar-refractivity contribution in [1.29, 1.82) is 0 Å². The second-order valence-corrected chi connectivity index (χ2v) is 5.29. The van der Waals surface area contributed by atoms with Crippen molar-refractivity contribution in [3.05, 3.63) is 29.8 Å². The normalized spacial score (nSPS) is 17.9. The van der Waals surface area contributed by atoms with Crippen LogP contribution in [0.4, 0.5) is 0 Å². The molecule has 2 N–H and O–H groups in total. The molecular weight excluding hydrogens is 244 g/mol. The Morgan fingerprint density at radius 1 is 1.16 bits per heavy atom. The van der Waals surface area contributed by atoms with E-state index >= 15 is 0 Å². The van der Waals surface area contributed by atoms with Gasteiger partial charge in [-0.1, -0.05) is 31.4 Å². The summed E-state index contributed by atoms with van der Waals surface area (Å²) in [5.41, 5.74) is 0.0501. The molecule has 104 valence electrons. The Bertz CT molecular complexity index is 418. The monoisotopic (exact) mass is 264 g/mol. The van der Waals surface area contributed by atoms with E-state index in [1.165, 1.54) is 6.42 Å². The van der Waals surface area contributed by atoms with Crippen LogP contribution in [0.1, 0.15) is 37.7 Å². The van der Waals surface area contributed by atoms with E-state index < -0.39 is 11.6 Å². The lowest BCUT2D eigenvalue weighted by Crippen LogP contribution is -2.37. The van der Waals surface area contributed by atoms with Gasteiger partial charge in [0, 0.05) is 0 Å². The molecule has 2 rings (SSSR count). The van der Waals surface area contributed by atoms with Gasteiger partial charge in [0.1, 0.15) is 12.4 Å². The first-order valence-corrected chi connectivity index (χ1v) is 6.73. The minimum Gasteiger partial charge on any atom is -0.491 e. The first kappa shape index (κ1) is 13.9. The van der Waals surface area contributed by atoms with Gasteiger partial charge in [0.2, 0.25) is 0 Å². The van der Waals surface area contributed by atoms with Crippen LogP contribution in [-0.2, 0) is 11.2 Å². The Labute approximate surface area is 113 Å². The number of carbonyl (C=O) groups is 1. The molecule has 0 spiro atoms. The molecule has 1 aliphatic carbocycles. The van der Waals surface area contributed by atoms with Crippen molar-refractivity contribution in [2.24, 2.45) is 0 Å². The minimum absolute atomic E-state index is 0.0181. The molecule has 19 heavy (non-hydrogen) atoms. The number of aliphatic carboxylic acids is 1. The number of carboxylic acid groups (broad SMARTS) is 1. The molecule has 0 heterocycles. The first-order chi connectivity index (χ1) is 9.07. The van der Waals surface area contributed by atoms with Crippen LogP contribution in [0, 0.1) is 0 Å². The second-order valence-electron chi connectivity index (χ2n) is 5.29. The quantitative estimate of drug-likeness (QED) is 0.857.